The first-order chi connectivity index (χ1) is 9.27. The van der Waals surface area contributed by atoms with Gasteiger partial charge in [-0.25, -0.2) is 0 Å². The molecule has 1 aromatic carbocycles. The van der Waals surface area contributed by atoms with Crippen molar-refractivity contribution in [1.82, 2.24) is 10.3 Å². The molecule has 0 aliphatic carbocycles. The Hall–Kier alpha value is -2.36. The topological polar surface area (TPSA) is 51.2 Å². The van der Waals surface area contributed by atoms with Crippen molar-refractivity contribution in [2.24, 2.45) is 0 Å². The fourth-order valence-corrected chi connectivity index (χ4v) is 1.64. The van der Waals surface area contributed by atoms with Crippen LogP contribution in [0, 0.1) is 6.92 Å². The third-order valence-electron chi connectivity index (χ3n) is 2.66. The van der Waals surface area contributed by atoms with E-state index >= 15 is 0 Å². The molecule has 0 saturated heterocycles. The fourth-order valence-electron chi connectivity index (χ4n) is 1.64. The predicted octanol–water partition coefficient (Wildman–Crippen LogP) is 2.20. The van der Waals surface area contributed by atoms with Crippen LogP contribution in [-0.2, 0) is 0 Å². The van der Waals surface area contributed by atoms with E-state index in [1.165, 1.54) is 6.20 Å². The largest absolute Gasteiger partial charge is 0.491 e. The highest BCUT2D eigenvalue weighted by atomic mass is 16.5. The first-order valence-electron chi connectivity index (χ1n) is 6.14. The van der Waals surface area contributed by atoms with E-state index in [1.807, 2.05) is 31.2 Å². The Morgan fingerprint density at radius 3 is 2.84 bits per heavy atom. The average Bonchev–Trinajstić information content (AvgIpc) is 2.46. The van der Waals surface area contributed by atoms with Crippen LogP contribution in [0.5, 0.6) is 5.75 Å². The lowest BCUT2D eigenvalue weighted by Gasteiger charge is -2.09. The molecule has 1 heterocycles. The van der Waals surface area contributed by atoms with Crippen LogP contribution in [0.4, 0.5) is 0 Å². The van der Waals surface area contributed by atoms with E-state index in [4.69, 9.17) is 4.74 Å². The van der Waals surface area contributed by atoms with Gasteiger partial charge in [0.05, 0.1) is 12.1 Å². The van der Waals surface area contributed by atoms with Gasteiger partial charge in [0.25, 0.3) is 5.91 Å². The third-order valence-corrected chi connectivity index (χ3v) is 2.66. The quantitative estimate of drug-likeness (QED) is 0.834. The third kappa shape index (κ3) is 3.81. The normalized spacial score (nSPS) is 9.95. The molecule has 0 aliphatic rings. The molecule has 4 heteroatoms. The number of aryl methyl sites for hydroxylation is 1. The summed E-state index contributed by atoms with van der Waals surface area (Å²) in [7, 11) is 0. The number of rotatable bonds is 5. The van der Waals surface area contributed by atoms with Crippen LogP contribution in [0.25, 0.3) is 0 Å². The van der Waals surface area contributed by atoms with Gasteiger partial charge in [-0.1, -0.05) is 18.2 Å². The van der Waals surface area contributed by atoms with Crippen LogP contribution in [0.1, 0.15) is 15.9 Å². The summed E-state index contributed by atoms with van der Waals surface area (Å²) in [4.78, 5) is 15.6. The Morgan fingerprint density at radius 2 is 2.11 bits per heavy atom. The summed E-state index contributed by atoms with van der Waals surface area (Å²) in [5, 5.41) is 2.78. The van der Waals surface area contributed by atoms with E-state index < -0.39 is 0 Å². The lowest BCUT2D eigenvalue weighted by molar-refractivity contribution is 0.0946. The minimum absolute atomic E-state index is 0.138. The van der Waals surface area contributed by atoms with E-state index in [0.717, 1.165) is 11.3 Å². The summed E-state index contributed by atoms with van der Waals surface area (Å²) in [6, 6.07) is 11.3. The molecule has 19 heavy (non-hydrogen) atoms. The van der Waals surface area contributed by atoms with Crippen molar-refractivity contribution in [3.05, 3.63) is 59.9 Å². The summed E-state index contributed by atoms with van der Waals surface area (Å²) in [5.41, 5.74) is 1.64. The van der Waals surface area contributed by atoms with E-state index in [2.05, 4.69) is 10.3 Å². The summed E-state index contributed by atoms with van der Waals surface area (Å²) in [5.74, 6) is 0.708. The molecule has 0 radical (unpaired) electrons. The van der Waals surface area contributed by atoms with Gasteiger partial charge in [0.15, 0.2) is 0 Å². The van der Waals surface area contributed by atoms with Gasteiger partial charge in [0.2, 0.25) is 0 Å². The molecule has 1 aromatic heterocycles. The van der Waals surface area contributed by atoms with Crippen molar-refractivity contribution < 1.29 is 9.53 Å². The predicted molar refractivity (Wildman–Crippen MR) is 73.2 cm³/mol. The van der Waals surface area contributed by atoms with Crippen molar-refractivity contribution >= 4 is 5.91 Å². The molecule has 0 atom stereocenters. The average molecular weight is 256 g/mol. The molecule has 0 bridgehead atoms. The van der Waals surface area contributed by atoms with Gasteiger partial charge in [-0.15, -0.1) is 0 Å². The van der Waals surface area contributed by atoms with Crippen LogP contribution in [0.15, 0.2) is 48.8 Å². The molecule has 0 spiro atoms. The molecule has 0 fully saturated rings. The zero-order valence-corrected chi connectivity index (χ0v) is 10.8. The van der Waals surface area contributed by atoms with Gasteiger partial charge in [-0.05, 0) is 30.7 Å². The van der Waals surface area contributed by atoms with Crippen molar-refractivity contribution in [3.63, 3.8) is 0 Å². The van der Waals surface area contributed by atoms with Crippen LogP contribution in [0.2, 0.25) is 0 Å². The first-order valence-corrected chi connectivity index (χ1v) is 6.14. The van der Waals surface area contributed by atoms with Crippen LogP contribution >= 0.6 is 0 Å². The van der Waals surface area contributed by atoms with Gasteiger partial charge >= 0.3 is 0 Å². The number of aromatic nitrogens is 1. The number of nitrogens with one attached hydrogen (secondary N) is 1. The summed E-state index contributed by atoms with van der Waals surface area (Å²) in [6.07, 6.45) is 3.18. The number of nitrogens with zero attached hydrogens (tertiary/aromatic N) is 1. The molecule has 0 saturated carbocycles. The van der Waals surface area contributed by atoms with Gasteiger partial charge in [-0.2, -0.15) is 0 Å². The highest BCUT2D eigenvalue weighted by Gasteiger charge is 2.04. The monoisotopic (exact) mass is 256 g/mol. The van der Waals surface area contributed by atoms with Crippen molar-refractivity contribution in [1.29, 1.82) is 0 Å². The first kappa shape index (κ1) is 13.1. The molecule has 0 unspecified atom stereocenters. The molecule has 2 aromatic rings. The number of hydrogen-bond acceptors (Lipinski definition) is 3. The summed E-state index contributed by atoms with van der Waals surface area (Å²) >= 11 is 0. The van der Waals surface area contributed by atoms with Crippen LogP contribution in [-0.4, -0.2) is 24.0 Å². The van der Waals surface area contributed by atoms with Gasteiger partial charge < -0.3 is 10.1 Å². The lowest BCUT2D eigenvalue weighted by Crippen LogP contribution is -2.28. The van der Waals surface area contributed by atoms with E-state index in [9.17, 15) is 4.79 Å². The van der Waals surface area contributed by atoms with Crippen LogP contribution in [0.3, 0.4) is 0 Å². The van der Waals surface area contributed by atoms with E-state index in [1.54, 1.807) is 18.3 Å². The second-order valence-electron chi connectivity index (χ2n) is 4.11. The SMILES string of the molecule is Cc1ccccc1OCCNC(=O)c1cccnc1. The van der Waals surface area contributed by atoms with Gasteiger partial charge in [0.1, 0.15) is 12.4 Å². The highest BCUT2D eigenvalue weighted by Crippen LogP contribution is 2.15. The number of hydrogen-bond donors (Lipinski definition) is 1. The maximum Gasteiger partial charge on any atom is 0.252 e. The molecule has 4 nitrogen and oxygen atoms in total. The number of amides is 1. The minimum Gasteiger partial charge on any atom is -0.491 e. The number of carbonyl (C=O) groups is 1. The Kier molecular flexibility index (Phi) is 4.50. The summed E-state index contributed by atoms with van der Waals surface area (Å²) < 4.78 is 5.59. The second kappa shape index (κ2) is 6.54. The Balaban J connectivity index is 1.76. The molecule has 0 aliphatic heterocycles. The van der Waals surface area contributed by atoms with E-state index in [-0.39, 0.29) is 5.91 Å². The number of pyridine rings is 1. The number of para-hydroxylation sites is 1. The Morgan fingerprint density at radius 1 is 1.26 bits per heavy atom. The smallest absolute Gasteiger partial charge is 0.252 e. The molecule has 98 valence electrons. The van der Waals surface area contributed by atoms with Gasteiger partial charge in [0, 0.05) is 12.4 Å². The number of ether oxygens (including phenoxy) is 1. The van der Waals surface area contributed by atoms with Crippen LogP contribution < -0.4 is 10.1 Å². The maximum absolute atomic E-state index is 11.7. The number of carbonyl (C=O) groups excluding carboxylic acids is 1. The highest BCUT2D eigenvalue weighted by molar-refractivity contribution is 5.93. The molecule has 1 amide bonds. The number of benzene rings is 1. The summed E-state index contributed by atoms with van der Waals surface area (Å²) in [6.45, 7) is 2.89. The second-order valence-corrected chi connectivity index (χ2v) is 4.11. The standard InChI is InChI=1S/C15H16N2O2/c1-12-5-2-3-7-14(12)19-10-9-17-15(18)13-6-4-8-16-11-13/h2-8,11H,9-10H2,1H3,(H,17,18). The molecular weight excluding hydrogens is 240 g/mol. The minimum atomic E-state index is -0.138. The van der Waals surface area contributed by atoms with Gasteiger partial charge in [-0.3, -0.25) is 9.78 Å². The Labute approximate surface area is 112 Å². The fraction of sp³-hybridized carbons (Fsp3) is 0.200. The van der Waals surface area contributed by atoms with Crippen molar-refractivity contribution in [3.8, 4) is 5.75 Å². The Bertz CT molecular complexity index is 541. The van der Waals surface area contributed by atoms with Crippen molar-refractivity contribution in [2.75, 3.05) is 13.2 Å². The zero-order valence-electron chi connectivity index (χ0n) is 10.8. The lowest BCUT2D eigenvalue weighted by atomic mass is 10.2. The van der Waals surface area contributed by atoms with Crippen molar-refractivity contribution in [2.45, 2.75) is 6.92 Å². The molecule has 1 N–H and O–H groups in total. The molecule has 2 rings (SSSR count). The maximum atomic E-state index is 11.7. The molecular formula is C15H16N2O2. The van der Waals surface area contributed by atoms with E-state index in [0.29, 0.717) is 18.7 Å². The zero-order chi connectivity index (χ0) is 13.5.